The fourth-order valence-electron chi connectivity index (χ4n) is 1.97. The number of anilines is 1. The smallest absolute Gasteiger partial charge is 0.254 e. The lowest BCUT2D eigenvalue weighted by Crippen LogP contribution is -2.40. The van der Waals surface area contributed by atoms with Crippen LogP contribution in [0, 0.1) is 5.82 Å². The van der Waals surface area contributed by atoms with Crippen molar-refractivity contribution in [1.29, 1.82) is 0 Å². The van der Waals surface area contributed by atoms with Crippen molar-refractivity contribution in [2.24, 2.45) is 0 Å². The third-order valence-electron chi connectivity index (χ3n) is 3.08. The van der Waals surface area contributed by atoms with Gasteiger partial charge in [-0.15, -0.1) is 0 Å². The van der Waals surface area contributed by atoms with Crippen molar-refractivity contribution >= 4 is 11.7 Å². The van der Waals surface area contributed by atoms with Crippen LogP contribution in [0.25, 0.3) is 0 Å². The Balaban J connectivity index is 2.01. The molecular weight excluding hydrogens is 237 g/mol. The molecule has 1 fully saturated rings. The average Bonchev–Trinajstić information content (AvgIpc) is 2.77. The molecule has 1 aliphatic heterocycles. The van der Waals surface area contributed by atoms with E-state index in [0.717, 1.165) is 12.8 Å². The number of nitrogen functional groups attached to an aromatic ring is 1. The first kappa shape index (κ1) is 12.8. The van der Waals surface area contributed by atoms with Gasteiger partial charge in [0.15, 0.2) is 11.6 Å². The first-order valence-corrected chi connectivity index (χ1v) is 5.84. The molecule has 0 aliphatic carbocycles. The van der Waals surface area contributed by atoms with Gasteiger partial charge < -0.3 is 15.8 Å². The molecule has 0 aromatic carbocycles. The fourth-order valence-corrected chi connectivity index (χ4v) is 1.97. The lowest BCUT2D eigenvalue weighted by molar-refractivity contribution is 0.0205. The van der Waals surface area contributed by atoms with Crippen LogP contribution in [0.3, 0.4) is 0 Å². The minimum Gasteiger partial charge on any atom is -0.381 e. The molecule has 1 unspecified atom stereocenters. The average molecular weight is 253 g/mol. The maximum Gasteiger partial charge on any atom is 0.254 e. The normalized spacial score (nSPS) is 23.0. The van der Waals surface area contributed by atoms with Crippen LogP contribution < -0.4 is 11.1 Å². The standard InChI is InChI=1S/C12H16FN3O2/c1-12(4-2-6-18-12)7-16-11(17)8-3-5-15-10(14)9(8)13/h3,5H,2,4,6-7H2,1H3,(H2,14,15)(H,16,17). The predicted molar refractivity (Wildman–Crippen MR) is 64.5 cm³/mol. The van der Waals surface area contributed by atoms with Gasteiger partial charge in [0.25, 0.3) is 5.91 Å². The second-order valence-corrected chi connectivity index (χ2v) is 4.64. The van der Waals surface area contributed by atoms with Crippen LogP contribution in [0.15, 0.2) is 12.3 Å². The van der Waals surface area contributed by atoms with Gasteiger partial charge in [0.2, 0.25) is 0 Å². The summed E-state index contributed by atoms with van der Waals surface area (Å²) in [5, 5.41) is 2.66. The molecule has 1 aromatic rings. The van der Waals surface area contributed by atoms with Crippen molar-refractivity contribution < 1.29 is 13.9 Å². The lowest BCUT2D eigenvalue weighted by atomic mass is 10.0. The molecule has 18 heavy (non-hydrogen) atoms. The highest BCUT2D eigenvalue weighted by molar-refractivity contribution is 5.95. The number of rotatable bonds is 3. The molecule has 0 spiro atoms. The molecule has 2 heterocycles. The Morgan fingerprint density at radius 1 is 1.72 bits per heavy atom. The molecule has 1 aliphatic rings. The number of nitrogens with zero attached hydrogens (tertiary/aromatic N) is 1. The fraction of sp³-hybridized carbons (Fsp3) is 0.500. The summed E-state index contributed by atoms with van der Waals surface area (Å²) in [6.45, 7) is 2.98. The monoisotopic (exact) mass is 253 g/mol. The molecule has 1 amide bonds. The molecule has 0 bridgehead atoms. The third-order valence-corrected chi connectivity index (χ3v) is 3.08. The molecule has 1 aromatic heterocycles. The molecule has 5 nitrogen and oxygen atoms in total. The van der Waals surface area contributed by atoms with Crippen molar-refractivity contribution in [3.63, 3.8) is 0 Å². The van der Waals surface area contributed by atoms with Gasteiger partial charge in [0.05, 0.1) is 11.2 Å². The summed E-state index contributed by atoms with van der Waals surface area (Å²) in [5.74, 6) is -1.56. The highest BCUT2D eigenvalue weighted by atomic mass is 19.1. The van der Waals surface area contributed by atoms with Gasteiger partial charge in [-0.05, 0) is 25.8 Å². The Kier molecular flexibility index (Phi) is 3.47. The molecule has 2 rings (SSSR count). The summed E-state index contributed by atoms with van der Waals surface area (Å²) >= 11 is 0. The molecule has 1 saturated heterocycles. The van der Waals surface area contributed by atoms with Gasteiger partial charge in [-0.1, -0.05) is 0 Å². The third kappa shape index (κ3) is 2.59. The number of carbonyl (C=O) groups is 1. The molecule has 0 saturated carbocycles. The second-order valence-electron chi connectivity index (χ2n) is 4.64. The molecule has 0 radical (unpaired) electrons. The molecule has 98 valence electrons. The SMILES string of the molecule is CC1(CNC(=O)c2ccnc(N)c2F)CCCO1. The van der Waals surface area contributed by atoms with Crippen molar-refractivity contribution in [2.45, 2.75) is 25.4 Å². The van der Waals surface area contributed by atoms with Crippen molar-refractivity contribution in [3.05, 3.63) is 23.6 Å². The van der Waals surface area contributed by atoms with Gasteiger partial charge in [0.1, 0.15) is 0 Å². The predicted octanol–water partition coefficient (Wildman–Crippen LogP) is 1.10. The summed E-state index contributed by atoms with van der Waals surface area (Å²) in [5.41, 5.74) is 4.86. The number of hydrogen-bond acceptors (Lipinski definition) is 4. The molecule has 1 atom stereocenters. The van der Waals surface area contributed by atoms with Gasteiger partial charge in [0, 0.05) is 19.3 Å². The summed E-state index contributed by atoms with van der Waals surface area (Å²) < 4.78 is 19.1. The minimum atomic E-state index is -0.785. The zero-order valence-electron chi connectivity index (χ0n) is 10.2. The van der Waals surface area contributed by atoms with E-state index >= 15 is 0 Å². The van der Waals surface area contributed by atoms with E-state index in [-0.39, 0.29) is 17.0 Å². The van der Waals surface area contributed by atoms with E-state index in [0.29, 0.717) is 13.2 Å². The van der Waals surface area contributed by atoms with Crippen LogP contribution in [0.5, 0.6) is 0 Å². The highest BCUT2D eigenvalue weighted by Crippen LogP contribution is 2.24. The van der Waals surface area contributed by atoms with Gasteiger partial charge in [-0.3, -0.25) is 4.79 Å². The Morgan fingerprint density at radius 2 is 2.50 bits per heavy atom. The topological polar surface area (TPSA) is 77.2 Å². The van der Waals surface area contributed by atoms with Gasteiger partial charge >= 0.3 is 0 Å². The first-order chi connectivity index (χ1) is 8.52. The number of amides is 1. The lowest BCUT2D eigenvalue weighted by Gasteiger charge is -2.23. The maximum atomic E-state index is 13.6. The summed E-state index contributed by atoms with van der Waals surface area (Å²) in [7, 11) is 0. The number of hydrogen-bond donors (Lipinski definition) is 2. The number of ether oxygens (including phenoxy) is 1. The number of aromatic nitrogens is 1. The Labute approximate surface area is 105 Å². The van der Waals surface area contributed by atoms with E-state index in [1.165, 1.54) is 12.3 Å². The van der Waals surface area contributed by atoms with Crippen molar-refractivity contribution in [1.82, 2.24) is 10.3 Å². The van der Waals surface area contributed by atoms with Crippen molar-refractivity contribution in [2.75, 3.05) is 18.9 Å². The van der Waals surface area contributed by atoms with E-state index in [1.807, 2.05) is 6.92 Å². The number of halogens is 1. The summed E-state index contributed by atoms with van der Waals surface area (Å²) in [6.07, 6.45) is 3.16. The van der Waals surface area contributed by atoms with E-state index in [9.17, 15) is 9.18 Å². The van der Waals surface area contributed by atoms with E-state index in [4.69, 9.17) is 10.5 Å². The Bertz CT molecular complexity index is 459. The van der Waals surface area contributed by atoms with Crippen molar-refractivity contribution in [3.8, 4) is 0 Å². The van der Waals surface area contributed by atoms with Crippen LogP contribution in [-0.4, -0.2) is 29.6 Å². The molecule has 6 heteroatoms. The van der Waals surface area contributed by atoms with Gasteiger partial charge in [-0.2, -0.15) is 0 Å². The van der Waals surface area contributed by atoms with Crippen LogP contribution >= 0.6 is 0 Å². The highest BCUT2D eigenvalue weighted by Gasteiger charge is 2.30. The Morgan fingerprint density at radius 3 is 3.17 bits per heavy atom. The number of carbonyl (C=O) groups excluding carboxylic acids is 1. The van der Waals surface area contributed by atoms with Crippen LogP contribution in [0.2, 0.25) is 0 Å². The van der Waals surface area contributed by atoms with Crippen LogP contribution in [0.1, 0.15) is 30.1 Å². The summed E-state index contributed by atoms with van der Waals surface area (Å²) in [4.78, 5) is 15.4. The zero-order valence-corrected chi connectivity index (χ0v) is 10.2. The van der Waals surface area contributed by atoms with E-state index < -0.39 is 11.7 Å². The largest absolute Gasteiger partial charge is 0.381 e. The molecule has 3 N–H and O–H groups in total. The first-order valence-electron chi connectivity index (χ1n) is 5.84. The second kappa shape index (κ2) is 4.89. The van der Waals surface area contributed by atoms with E-state index in [1.54, 1.807) is 0 Å². The van der Waals surface area contributed by atoms with Crippen LogP contribution in [-0.2, 0) is 4.74 Å². The molecular formula is C12H16FN3O2. The summed E-state index contributed by atoms with van der Waals surface area (Å²) in [6, 6.07) is 1.30. The van der Waals surface area contributed by atoms with Crippen LogP contribution in [0.4, 0.5) is 10.2 Å². The Hall–Kier alpha value is -1.69. The zero-order chi connectivity index (χ0) is 13.2. The number of nitrogens with one attached hydrogen (secondary N) is 1. The minimum absolute atomic E-state index is 0.0934. The van der Waals surface area contributed by atoms with E-state index in [2.05, 4.69) is 10.3 Å². The maximum absolute atomic E-state index is 13.6. The van der Waals surface area contributed by atoms with Gasteiger partial charge in [-0.25, -0.2) is 9.37 Å². The number of pyridine rings is 1. The number of nitrogens with two attached hydrogens (primary N) is 1. The quantitative estimate of drug-likeness (QED) is 0.845.